The Morgan fingerprint density at radius 2 is 1.93 bits per heavy atom. The summed E-state index contributed by atoms with van der Waals surface area (Å²) in [4.78, 5) is 24.5. The summed E-state index contributed by atoms with van der Waals surface area (Å²) in [5, 5.41) is 8.80. The standard InChI is InChI=1S/C23H21NO4S/c1-28-19-9-3-8-18(15-19)23(27)21-11-5-13-24(21)12-4-7-17-6-2-10-20(14-17)29-16-22(25)26/h2-11,13-15H,12,16H2,1H3,(H,25,26)/b7-4+. The highest BCUT2D eigenvalue weighted by Crippen LogP contribution is 2.20. The van der Waals surface area contributed by atoms with Crippen LogP contribution in [0.25, 0.3) is 6.08 Å². The van der Waals surface area contributed by atoms with Crippen LogP contribution in [0.2, 0.25) is 0 Å². The second kappa shape index (κ2) is 9.80. The number of ether oxygens (including phenoxy) is 1. The van der Waals surface area contributed by atoms with Crippen molar-refractivity contribution in [3.8, 4) is 5.75 Å². The predicted molar refractivity (Wildman–Crippen MR) is 115 cm³/mol. The third kappa shape index (κ3) is 5.62. The lowest BCUT2D eigenvalue weighted by molar-refractivity contribution is -0.133. The van der Waals surface area contributed by atoms with Gasteiger partial charge in [-0.15, -0.1) is 11.8 Å². The van der Waals surface area contributed by atoms with Crippen molar-refractivity contribution in [1.82, 2.24) is 4.57 Å². The van der Waals surface area contributed by atoms with Crippen LogP contribution < -0.4 is 4.74 Å². The third-order valence-corrected chi connectivity index (χ3v) is 5.21. The Bertz CT molecular complexity index is 1040. The van der Waals surface area contributed by atoms with Crippen molar-refractivity contribution >= 4 is 29.6 Å². The number of carbonyl (C=O) groups is 2. The molecule has 0 bridgehead atoms. The molecule has 1 aromatic heterocycles. The average molecular weight is 407 g/mol. The zero-order valence-electron chi connectivity index (χ0n) is 15.9. The van der Waals surface area contributed by atoms with Crippen molar-refractivity contribution in [2.75, 3.05) is 12.9 Å². The van der Waals surface area contributed by atoms with Gasteiger partial charge < -0.3 is 14.4 Å². The predicted octanol–water partition coefficient (Wildman–Crippen LogP) is 4.62. The van der Waals surface area contributed by atoms with Crippen LogP contribution in [0.3, 0.4) is 0 Å². The molecule has 29 heavy (non-hydrogen) atoms. The summed E-state index contributed by atoms with van der Waals surface area (Å²) in [7, 11) is 1.58. The summed E-state index contributed by atoms with van der Waals surface area (Å²) in [6, 6.07) is 18.5. The van der Waals surface area contributed by atoms with Gasteiger partial charge in [0.25, 0.3) is 0 Å². The molecule has 0 aliphatic rings. The first-order valence-corrected chi connectivity index (χ1v) is 10.0. The summed E-state index contributed by atoms with van der Waals surface area (Å²) < 4.78 is 7.09. The zero-order chi connectivity index (χ0) is 20.6. The van der Waals surface area contributed by atoms with Crippen molar-refractivity contribution in [3.63, 3.8) is 0 Å². The maximum atomic E-state index is 12.8. The number of hydrogen-bond acceptors (Lipinski definition) is 4. The number of thioether (sulfide) groups is 1. The Labute approximate surface area is 173 Å². The quantitative estimate of drug-likeness (QED) is 0.414. The average Bonchev–Trinajstić information content (AvgIpc) is 3.20. The van der Waals surface area contributed by atoms with E-state index < -0.39 is 5.97 Å². The van der Waals surface area contributed by atoms with E-state index in [1.54, 1.807) is 37.4 Å². The topological polar surface area (TPSA) is 68.5 Å². The van der Waals surface area contributed by atoms with E-state index >= 15 is 0 Å². The first-order chi connectivity index (χ1) is 14.1. The molecule has 0 unspecified atom stereocenters. The van der Waals surface area contributed by atoms with Gasteiger partial charge in [0.15, 0.2) is 0 Å². The number of rotatable bonds is 9. The fraction of sp³-hybridized carbons (Fsp3) is 0.130. The molecule has 0 spiro atoms. The van der Waals surface area contributed by atoms with E-state index in [1.165, 1.54) is 11.8 Å². The molecular formula is C23H21NO4S. The molecule has 0 aliphatic carbocycles. The van der Waals surface area contributed by atoms with Gasteiger partial charge in [-0.1, -0.05) is 36.4 Å². The molecule has 1 heterocycles. The molecule has 0 atom stereocenters. The summed E-state index contributed by atoms with van der Waals surface area (Å²) in [6.45, 7) is 0.546. The number of allylic oxidation sites excluding steroid dienone is 1. The minimum Gasteiger partial charge on any atom is -0.497 e. The summed E-state index contributed by atoms with van der Waals surface area (Å²) >= 11 is 1.29. The van der Waals surface area contributed by atoms with Gasteiger partial charge >= 0.3 is 5.97 Å². The number of carboxylic acids is 1. The van der Waals surface area contributed by atoms with E-state index in [0.29, 0.717) is 23.6 Å². The molecular weight excluding hydrogens is 386 g/mol. The van der Waals surface area contributed by atoms with Crippen LogP contribution in [-0.4, -0.2) is 34.3 Å². The van der Waals surface area contributed by atoms with Gasteiger partial charge in [-0.3, -0.25) is 9.59 Å². The Kier molecular flexibility index (Phi) is 6.92. The van der Waals surface area contributed by atoms with E-state index in [9.17, 15) is 9.59 Å². The van der Waals surface area contributed by atoms with E-state index in [0.717, 1.165) is 10.5 Å². The van der Waals surface area contributed by atoms with Crippen LogP contribution in [0.5, 0.6) is 5.75 Å². The second-order valence-corrected chi connectivity index (χ2v) is 7.31. The molecule has 5 nitrogen and oxygen atoms in total. The Hall–Kier alpha value is -3.25. The molecule has 2 aromatic carbocycles. The minimum absolute atomic E-state index is 0.0340. The Morgan fingerprint density at radius 1 is 1.10 bits per heavy atom. The normalized spacial score (nSPS) is 10.9. The fourth-order valence-electron chi connectivity index (χ4n) is 2.85. The van der Waals surface area contributed by atoms with Crippen LogP contribution in [0.4, 0.5) is 0 Å². The first-order valence-electron chi connectivity index (χ1n) is 9.02. The zero-order valence-corrected chi connectivity index (χ0v) is 16.8. The number of methoxy groups -OCH3 is 1. The maximum Gasteiger partial charge on any atom is 0.313 e. The minimum atomic E-state index is -0.836. The van der Waals surface area contributed by atoms with Crippen LogP contribution >= 0.6 is 11.8 Å². The number of carboxylic acid groups (broad SMARTS) is 1. The smallest absolute Gasteiger partial charge is 0.313 e. The van der Waals surface area contributed by atoms with Crippen molar-refractivity contribution < 1.29 is 19.4 Å². The SMILES string of the molecule is COc1cccc(C(=O)c2cccn2C/C=C/c2cccc(SCC(=O)O)c2)c1. The van der Waals surface area contributed by atoms with Crippen molar-refractivity contribution in [2.45, 2.75) is 11.4 Å². The summed E-state index contributed by atoms with van der Waals surface area (Å²) in [5.74, 6) is -0.215. The molecule has 0 radical (unpaired) electrons. The van der Waals surface area contributed by atoms with Crippen LogP contribution in [-0.2, 0) is 11.3 Å². The third-order valence-electron chi connectivity index (χ3n) is 4.23. The Morgan fingerprint density at radius 3 is 2.72 bits per heavy atom. The van der Waals surface area contributed by atoms with Crippen LogP contribution in [0.15, 0.2) is 77.8 Å². The van der Waals surface area contributed by atoms with Crippen LogP contribution in [0.1, 0.15) is 21.6 Å². The van der Waals surface area contributed by atoms with Crippen molar-refractivity contribution in [1.29, 1.82) is 0 Å². The molecule has 3 aromatic rings. The molecule has 3 rings (SSSR count). The lowest BCUT2D eigenvalue weighted by atomic mass is 10.1. The maximum absolute atomic E-state index is 12.8. The largest absolute Gasteiger partial charge is 0.497 e. The number of hydrogen-bond donors (Lipinski definition) is 1. The molecule has 0 saturated heterocycles. The summed E-state index contributed by atoms with van der Waals surface area (Å²) in [5.41, 5.74) is 2.17. The second-order valence-electron chi connectivity index (χ2n) is 6.26. The van der Waals surface area contributed by atoms with Gasteiger partial charge in [-0.05, 0) is 42.0 Å². The highest BCUT2D eigenvalue weighted by molar-refractivity contribution is 8.00. The number of ketones is 1. The number of aliphatic carboxylic acids is 1. The van der Waals surface area contributed by atoms with Gasteiger partial charge in [0.1, 0.15) is 5.75 Å². The molecule has 148 valence electrons. The molecule has 0 aliphatic heterocycles. The fourth-order valence-corrected chi connectivity index (χ4v) is 3.53. The van der Waals surface area contributed by atoms with Crippen molar-refractivity contribution in [2.24, 2.45) is 0 Å². The molecule has 0 saturated carbocycles. The van der Waals surface area contributed by atoms with E-state index in [4.69, 9.17) is 9.84 Å². The molecule has 0 amide bonds. The van der Waals surface area contributed by atoms with E-state index in [-0.39, 0.29) is 11.5 Å². The van der Waals surface area contributed by atoms with Crippen molar-refractivity contribution in [3.05, 3.63) is 89.8 Å². The van der Waals surface area contributed by atoms with Crippen LogP contribution in [0, 0.1) is 0 Å². The van der Waals surface area contributed by atoms with Gasteiger partial charge in [0.2, 0.25) is 5.78 Å². The lowest BCUT2D eigenvalue weighted by Gasteiger charge is -2.07. The Balaban J connectivity index is 1.69. The van der Waals surface area contributed by atoms with Gasteiger partial charge in [-0.2, -0.15) is 0 Å². The van der Waals surface area contributed by atoms with Gasteiger partial charge in [-0.25, -0.2) is 0 Å². The highest BCUT2D eigenvalue weighted by atomic mass is 32.2. The summed E-state index contributed by atoms with van der Waals surface area (Å²) in [6.07, 6.45) is 5.81. The first kappa shape index (κ1) is 20.5. The number of benzene rings is 2. The lowest BCUT2D eigenvalue weighted by Crippen LogP contribution is -2.09. The number of nitrogens with zero attached hydrogens (tertiary/aromatic N) is 1. The number of aromatic nitrogens is 1. The van der Waals surface area contributed by atoms with E-state index in [2.05, 4.69) is 0 Å². The molecule has 0 fully saturated rings. The molecule has 6 heteroatoms. The monoisotopic (exact) mass is 407 g/mol. The van der Waals surface area contributed by atoms with Gasteiger partial charge in [0.05, 0.1) is 18.6 Å². The van der Waals surface area contributed by atoms with E-state index in [1.807, 2.05) is 53.2 Å². The van der Waals surface area contributed by atoms with Gasteiger partial charge in [0, 0.05) is 23.2 Å². The number of carbonyl (C=O) groups excluding carboxylic acids is 1. The molecule has 1 N–H and O–H groups in total. The highest BCUT2D eigenvalue weighted by Gasteiger charge is 2.13.